The molecule has 2 rings (SSSR count). The molecule has 14 heavy (non-hydrogen) atoms. The second kappa shape index (κ2) is 4.08. The maximum atomic E-state index is 2.29. The van der Waals surface area contributed by atoms with Gasteiger partial charge in [0.05, 0.1) is 0 Å². The third kappa shape index (κ3) is 1.95. The molecule has 0 saturated carbocycles. The van der Waals surface area contributed by atoms with E-state index in [0.29, 0.717) is 0 Å². The Labute approximate surface area is 86.6 Å². The molecule has 0 unspecified atom stereocenters. The van der Waals surface area contributed by atoms with E-state index in [1.54, 1.807) is 0 Å². The normalized spacial score (nSPS) is 15.6. The molecule has 0 aromatic heterocycles. The molecule has 0 N–H and O–H groups in total. The maximum Gasteiger partial charge on any atom is 0.0125 e. The minimum Gasteiger partial charge on any atom is -0.282 e. The summed E-state index contributed by atoms with van der Waals surface area (Å²) in [5.74, 6) is 4.58. The zero-order valence-electron chi connectivity index (χ0n) is 8.51. The molecule has 1 aliphatic heterocycles. The lowest BCUT2D eigenvalue weighted by Crippen LogP contribution is -1.99. The van der Waals surface area contributed by atoms with Gasteiger partial charge in [-0.3, -0.25) is 4.67 Å². The van der Waals surface area contributed by atoms with Gasteiger partial charge < -0.3 is 0 Å². The molecular formula is C12H14NP. The zero-order chi connectivity index (χ0) is 9.97. The standard InChI is InChI=1S/C12H14NP/c1-13(2)14-9-7-11-5-3-4-6-12(11)8-10-14/h3-10H,1-2H3. The molecule has 72 valence electrons. The number of benzene rings is 1. The average molecular weight is 203 g/mol. The Morgan fingerprint density at radius 3 is 1.86 bits per heavy atom. The van der Waals surface area contributed by atoms with E-state index in [1.807, 2.05) is 0 Å². The van der Waals surface area contributed by atoms with Gasteiger partial charge in [-0.1, -0.05) is 36.4 Å². The number of nitrogens with zero attached hydrogens (tertiary/aromatic N) is 1. The van der Waals surface area contributed by atoms with Gasteiger partial charge in [-0.25, -0.2) is 0 Å². The van der Waals surface area contributed by atoms with Gasteiger partial charge in [0, 0.05) is 8.07 Å². The van der Waals surface area contributed by atoms with E-state index in [-0.39, 0.29) is 8.07 Å². The predicted octanol–water partition coefficient (Wildman–Crippen LogP) is 3.60. The van der Waals surface area contributed by atoms with Crippen LogP contribution in [0.2, 0.25) is 0 Å². The molecular weight excluding hydrogens is 189 g/mol. The summed E-state index contributed by atoms with van der Waals surface area (Å²) >= 11 is 0. The van der Waals surface area contributed by atoms with Crippen molar-refractivity contribution in [3.63, 3.8) is 0 Å². The van der Waals surface area contributed by atoms with Crippen molar-refractivity contribution in [3.8, 4) is 0 Å². The summed E-state index contributed by atoms with van der Waals surface area (Å²) in [5, 5.41) is 0. The zero-order valence-corrected chi connectivity index (χ0v) is 9.41. The fourth-order valence-electron chi connectivity index (χ4n) is 1.44. The Balaban J connectivity index is 2.37. The van der Waals surface area contributed by atoms with Crippen molar-refractivity contribution in [1.29, 1.82) is 0 Å². The first-order valence-corrected chi connectivity index (χ1v) is 6.11. The van der Waals surface area contributed by atoms with E-state index in [0.717, 1.165) is 0 Å². The van der Waals surface area contributed by atoms with Crippen LogP contribution in [0.25, 0.3) is 12.2 Å². The predicted molar refractivity (Wildman–Crippen MR) is 65.1 cm³/mol. The summed E-state index contributed by atoms with van der Waals surface area (Å²) in [5.41, 5.74) is 2.63. The van der Waals surface area contributed by atoms with E-state index in [2.05, 4.69) is 66.8 Å². The van der Waals surface area contributed by atoms with Gasteiger partial charge in [-0.15, -0.1) is 0 Å². The first-order chi connectivity index (χ1) is 6.77. The van der Waals surface area contributed by atoms with E-state index < -0.39 is 0 Å². The van der Waals surface area contributed by atoms with Crippen molar-refractivity contribution >= 4 is 20.2 Å². The fraction of sp³-hybridized carbons (Fsp3) is 0.167. The summed E-state index contributed by atoms with van der Waals surface area (Å²) in [6.07, 6.45) is 4.45. The third-order valence-electron chi connectivity index (χ3n) is 2.27. The van der Waals surface area contributed by atoms with E-state index in [9.17, 15) is 0 Å². The monoisotopic (exact) mass is 203 g/mol. The highest BCUT2D eigenvalue weighted by atomic mass is 31.1. The molecule has 0 radical (unpaired) electrons. The number of fused-ring (bicyclic) bond motifs is 1. The number of hydrogen-bond donors (Lipinski definition) is 0. The lowest BCUT2D eigenvalue weighted by Gasteiger charge is -2.15. The molecule has 0 aliphatic carbocycles. The van der Waals surface area contributed by atoms with E-state index >= 15 is 0 Å². The van der Waals surface area contributed by atoms with E-state index in [4.69, 9.17) is 0 Å². The minimum absolute atomic E-state index is 0.231. The van der Waals surface area contributed by atoms with Crippen LogP contribution in [0, 0.1) is 0 Å². The highest BCUT2D eigenvalue weighted by Crippen LogP contribution is 2.43. The second-order valence-electron chi connectivity index (χ2n) is 3.49. The van der Waals surface area contributed by atoms with Crippen LogP contribution >= 0.6 is 8.07 Å². The molecule has 2 heteroatoms. The Hall–Kier alpha value is -0.910. The first kappa shape index (κ1) is 9.64. The van der Waals surface area contributed by atoms with Crippen molar-refractivity contribution in [2.24, 2.45) is 0 Å². The Morgan fingerprint density at radius 2 is 1.43 bits per heavy atom. The van der Waals surface area contributed by atoms with Crippen molar-refractivity contribution in [2.45, 2.75) is 0 Å². The van der Waals surface area contributed by atoms with Crippen LogP contribution in [-0.2, 0) is 0 Å². The van der Waals surface area contributed by atoms with Crippen molar-refractivity contribution in [3.05, 3.63) is 47.0 Å². The van der Waals surface area contributed by atoms with Crippen LogP contribution in [0.3, 0.4) is 0 Å². The summed E-state index contributed by atoms with van der Waals surface area (Å²) in [7, 11) is 4.01. The topological polar surface area (TPSA) is 3.24 Å². The van der Waals surface area contributed by atoms with Crippen molar-refractivity contribution < 1.29 is 0 Å². The first-order valence-electron chi connectivity index (χ1n) is 4.68. The Morgan fingerprint density at radius 1 is 0.929 bits per heavy atom. The highest BCUT2D eigenvalue weighted by Gasteiger charge is 2.06. The van der Waals surface area contributed by atoms with Crippen LogP contribution in [0.1, 0.15) is 11.1 Å². The van der Waals surface area contributed by atoms with Gasteiger partial charge in [0.15, 0.2) is 0 Å². The fourth-order valence-corrected chi connectivity index (χ4v) is 2.70. The summed E-state index contributed by atoms with van der Waals surface area (Å²) in [6, 6.07) is 8.48. The molecule has 0 fully saturated rings. The molecule has 0 bridgehead atoms. The quantitative estimate of drug-likeness (QED) is 0.630. The molecule has 1 aromatic carbocycles. The van der Waals surface area contributed by atoms with E-state index in [1.165, 1.54) is 11.1 Å². The summed E-state index contributed by atoms with van der Waals surface area (Å²) in [4.78, 5) is 0. The summed E-state index contributed by atoms with van der Waals surface area (Å²) in [6.45, 7) is 0. The Kier molecular flexibility index (Phi) is 2.81. The van der Waals surface area contributed by atoms with Crippen LogP contribution in [-0.4, -0.2) is 18.8 Å². The largest absolute Gasteiger partial charge is 0.282 e. The van der Waals surface area contributed by atoms with Crippen LogP contribution < -0.4 is 0 Å². The lowest BCUT2D eigenvalue weighted by molar-refractivity contribution is 0.689. The highest BCUT2D eigenvalue weighted by molar-refractivity contribution is 7.62. The van der Waals surface area contributed by atoms with Gasteiger partial charge in [-0.2, -0.15) is 0 Å². The van der Waals surface area contributed by atoms with Gasteiger partial charge in [0.25, 0.3) is 0 Å². The molecule has 0 saturated heterocycles. The van der Waals surface area contributed by atoms with Gasteiger partial charge in [0.1, 0.15) is 0 Å². The SMILES string of the molecule is CN(C)P1C=Cc2ccccc2C=C1. The molecule has 1 aliphatic rings. The molecule has 1 nitrogen and oxygen atoms in total. The minimum atomic E-state index is -0.231. The molecule has 0 spiro atoms. The van der Waals surface area contributed by atoms with Crippen LogP contribution in [0.4, 0.5) is 0 Å². The van der Waals surface area contributed by atoms with Gasteiger partial charge >= 0.3 is 0 Å². The number of rotatable bonds is 1. The Bertz CT molecular complexity index is 347. The van der Waals surface area contributed by atoms with Gasteiger partial charge in [-0.05, 0) is 36.9 Å². The molecule has 0 amide bonds. The molecule has 1 aromatic rings. The van der Waals surface area contributed by atoms with Crippen LogP contribution in [0.15, 0.2) is 35.9 Å². The van der Waals surface area contributed by atoms with Crippen molar-refractivity contribution in [2.75, 3.05) is 14.1 Å². The third-order valence-corrected chi connectivity index (χ3v) is 4.10. The second-order valence-corrected chi connectivity index (χ2v) is 5.64. The average Bonchev–Trinajstić information content (AvgIpc) is 2.39. The van der Waals surface area contributed by atoms with Crippen molar-refractivity contribution in [1.82, 2.24) is 4.67 Å². The number of hydrogen-bond acceptors (Lipinski definition) is 1. The lowest BCUT2D eigenvalue weighted by atomic mass is 10.1. The smallest absolute Gasteiger partial charge is 0.0125 e. The molecule has 1 heterocycles. The summed E-state index contributed by atoms with van der Waals surface area (Å²) < 4.78 is 2.26. The maximum absolute atomic E-state index is 2.29. The van der Waals surface area contributed by atoms with Crippen LogP contribution in [0.5, 0.6) is 0 Å². The van der Waals surface area contributed by atoms with Gasteiger partial charge in [0.2, 0.25) is 0 Å². The molecule has 0 atom stereocenters.